The van der Waals surface area contributed by atoms with Crippen molar-refractivity contribution in [1.82, 2.24) is 15.2 Å². The first-order valence-corrected chi connectivity index (χ1v) is 6.60. The second kappa shape index (κ2) is 6.88. The number of rotatable bonds is 6. The van der Waals surface area contributed by atoms with Gasteiger partial charge < -0.3 is 15.3 Å². The van der Waals surface area contributed by atoms with Crippen LogP contribution in [0.4, 0.5) is 4.79 Å². The first kappa shape index (κ1) is 15.9. The molecular formula is C14H21N3O3. The van der Waals surface area contributed by atoms with Gasteiger partial charge in [-0.2, -0.15) is 0 Å². The lowest BCUT2D eigenvalue weighted by atomic mass is 9.93. The van der Waals surface area contributed by atoms with E-state index in [1.807, 2.05) is 12.1 Å². The highest BCUT2D eigenvalue weighted by molar-refractivity contribution is 5.86. The Morgan fingerprint density at radius 1 is 1.30 bits per heavy atom. The van der Waals surface area contributed by atoms with Crippen LogP contribution < -0.4 is 5.32 Å². The van der Waals surface area contributed by atoms with Gasteiger partial charge in [-0.25, -0.2) is 9.59 Å². The second-order valence-electron chi connectivity index (χ2n) is 4.74. The highest BCUT2D eigenvalue weighted by Gasteiger charge is 2.37. The Morgan fingerprint density at radius 2 is 1.85 bits per heavy atom. The largest absolute Gasteiger partial charge is 0.480 e. The van der Waals surface area contributed by atoms with E-state index in [9.17, 15) is 14.7 Å². The maximum atomic E-state index is 12.1. The van der Waals surface area contributed by atoms with Crippen LogP contribution in [0.25, 0.3) is 0 Å². The number of nitrogens with zero attached hydrogens (tertiary/aromatic N) is 2. The number of pyridine rings is 1. The summed E-state index contributed by atoms with van der Waals surface area (Å²) in [4.78, 5) is 28.8. The summed E-state index contributed by atoms with van der Waals surface area (Å²) in [5.41, 5.74) is -0.268. The zero-order valence-electron chi connectivity index (χ0n) is 12.1. The first-order valence-electron chi connectivity index (χ1n) is 6.60. The molecule has 0 unspecified atom stereocenters. The zero-order chi connectivity index (χ0) is 15.2. The van der Waals surface area contributed by atoms with Gasteiger partial charge in [0.1, 0.15) is 5.54 Å². The van der Waals surface area contributed by atoms with Gasteiger partial charge in [-0.1, -0.05) is 13.8 Å². The molecule has 2 N–H and O–H groups in total. The second-order valence-corrected chi connectivity index (χ2v) is 4.74. The highest BCUT2D eigenvalue weighted by atomic mass is 16.4. The van der Waals surface area contributed by atoms with Gasteiger partial charge in [0, 0.05) is 26.0 Å². The average molecular weight is 279 g/mol. The fourth-order valence-electron chi connectivity index (χ4n) is 1.92. The standard InChI is InChI=1S/C14H21N3O3/c1-4-14(5-2,12(18)19)16-13(20)17(3)10-11-6-8-15-9-7-11/h6-9H,4-5,10H2,1-3H3,(H,16,20)(H,18,19). The summed E-state index contributed by atoms with van der Waals surface area (Å²) in [5.74, 6) is -1.01. The van der Waals surface area contributed by atoms with Crippen LogP contribution in [-0.2, 0) is 11.3 Å². The third-order valence-corrected chi connectivity index (χ3v) is 3.48. The third-order valence-electron chi connectivity index (χ3n) is 3.48. The van der Waals surface area contributed by atoms with Crippen molar-refractivity contribution >= 4 is 12.0 Å². The van der Waals surface area contributed by atoms with Crippen molar-refractivity contribution in [2.24, 2.45) is 0 Å². The Labute approximate surface area is 118 Å². The van der Waals surface area contributed by atoms with E-state index in [1.165, 1.54) is 4.90 Å². The van der Waals surface area contributed by atoms with Crippen LogP contribution in [0.5, 0.6) is 0 Å². The molecule has 2 amide bonds. The van der Waals surface area contributed by atoms with Crippen molar-refractivity contribution < 1.29 is 14.7 Å². The molecule has 6 heteroatoms. The molecule has 0 aromatic carbocycles. The van der Waals surface area contributed by atoms with Gasteiger partial charge in [-0.05, 0) is 30.5 Å². The summed E-state index contributed by atoms with van der Waals surface area (Å²) < 4.78 is 0. The minimum atomic E-state index is -1.20. The van der Waals surface area contributed by atoms with Gasteiger partial charge >= 0.3 is 12.0 Å². The number of carboxylic acids is 1. The van der Waals surface area contributed by atoms with Crippen LogP contribution in [0.15, 0.2) is 24.5 Å². The molecule has 6 nitrogen and oxygen atoms in total. The maximum absolute atomic E-state index is 12.1. The number of hydrogen-bond donors (Lipinski definition) is 2. The summed E-state index contributed by atoms with van der Waals surface area (Å²) in [5, 5.41) is 11.9. The van der Waals surface area contributed by atoms with E-state index in [0.29, 0.717) is 19.4 Å². The zero-order valence-corrected chi connectivity index (χ0v) is 12.1. The predicted octanol–water partition coefficient (Wildman–Crippen LogP) is 1.87. The van der Waals surface area contributed by atoms with Gasteiger partial charge in [-0.15, -0.1) is 0 Å². The number of urea groups is 1. The molecule has 20 heavy (non-hydrogen) atoms. The molecule has 1 aromatic heterocycles. The third kappa shape index (κ3) is 3.69. The Morgan fingerprint density at radius 3 is 2.30 bits per heavy atom. The summed E-state index contributed by atoms with van der Waals surface area (Å²) in [6.45, 7) is 3.90. The molecule has 0 bridgehead atoms. The van der Waals surface area contributed by atoms with Gasteiger partial charge in [-0.3, -0.25) is 4.98 Å². The normalized spacial score (nSPS) is 10.9. The summed E-state index contributed by atoms with van der Waals surface area (Å²) in [7, 11) is 1.63. The number of amides is 2. The Bertz CT molecular complexity index is 458. The molecule has 0 atom stereocenters. The fourth-order valence-corrected chi connectivity index (χ4v) is 1.92. The molecular weight excluding hydrogens is 258 g/mol. The molecule has 0 aliphatic rings. The Hall–Kier alpha value is -2.11. The Balaban J connectivity index is 2.72. The average Bonchev–Trinajstić information content (AvgIpc) is 2.45. The monoisotopic (exact) mass is 279 g/mol. The first-order chi connectivity index (χ1) is 9.45. The number of hydrogen-bond acceptors (Lipinski definition) is 3. The minimum absolute atomic E-state index is 0.341. The van der Waals surface area contributed by atoms with Crippen LogP contribution in [0, 0.1) is 0 Å². The molecule has 110 valence electrons. The van der Waals surface area contributed by atoms with E-state index in [4.69, 9.17) is 0 Å². The van der Waals surface area contributed by atoms with Gasteiger partial charge in [0.15, 0.2) is 0 Å². The molecule has 0 aliphatic heterocycles. The topological polar surface area (TPSA) is 82.5 Å². The van der Waals surface area contributed by atoms with Gasteiger partial charge in [0.2, 0.25) is 0 Å². The lowest BCUT2D eigenvalue weighted by Crippen LogP contribution is -2.56. The number of carbonyl (C=O) groups is 2. The molecule has 1 rings (SSSR count). The van der Waals surface area contributed by atoms with Crippen LogP contribution in [0.3, 0.4) is 0 Å². The van der Waals surface area contributed by atoms with Crippen molar-refractivity contribution in [2.45, 2.75) is 38.8 Å². The SMILES string of the molecule is CCC(CC)(NC(=O)N(C)Cc1ccncc1)C(=O)O. The van der Waals surface area contributed by atoms with Crippen molar-refractivity contribution in [3.63, 3.8) is 0 Å². The molecule has 1 heterocycles. The van der Waals surface area contributed by atoms with Gasteiger partial charge in [0.25, 0.3) is 0 Å². The molecule has 1 aromatic rings. The molecule has 0 saturated heterocycles. The highest BCUT2D eigenvalue weighted by Crippen LogP contribution is 2.16. The lowest BCUT2D eigenvalue weighted by Gasteiger charge is -2.30. The molecule has 0 saturated carbocycles. The predicted molar refractivity (Wildman–Crippen MR) is 75.2 cm³/mol. The van der Waals surface area contributed by atoms with Crippen molar-refractivity contribution in [2.75, 3.05) is 7.05 Å². The van der Waals surface area contributed by atoms with E-state index >= 15 is 0 Å². The molecule has 0 spiro atoms. The molecule has 0 aliphatic carbocycles. The van der Waals surface area contributed by atoms with E-state index in [-0.39, 0.29) is 0 Å². The number of aromatic nitrogens is 1. The van der Waals surface area contributed by atoms with E-state index in [0.717, 1.165) is 5.56 Å². The van der Waals surface area contributed by atoms with Crippen LogP contribution in [-0.4, -0.2) is 39.6 Å². The van der Waals surface area contributed by atoms with Crippen LogP contribution in [0.1, 0.15) is 32.3 Å². The lowest BCUT2D eigenvalue weighted by molar-refractivity contribution is -0.144. The van der Waals surface area contributed by atoms with Crippen LogP contribution in [0.2, 0.25) is 0 Å². The number of aliphatic carboxylic acids is 1. The maximum Gasteiger partial charge on any atom is 0.329 e. The summed E-state index contributed by atoms with van der Waals surface area (Å²) in [6, 6.07) is 3.23. The summed E-state index contributed by atoms with van der Waals surface area (Å²) >= 11 is 0. The molecule has 0 radical (unpaired) electrons. The fraction of sp³-hybridized carbons (Fsp3) is 0.500. The number of carbonyl (C=O) groups excluding carboxylic acids is 1. The van der Waals surface area contributed by atoms with E-state index < -0.39 is 17.5 Å². The summed E-state index contributed by atoms with van der Waals surface area (Å²) in [6.07, 6.45) is 3.99. The number of carboxylic acid groups (broad SMARTS) is 1. The van der Waals surface area contributed by atoms with Crippen molar-refractivity contribution in [1.29, 1.82) is 0 Å². The van der Waals surface area contributed by atoms with E-state index in [2.05, 4.69) is 10.3 Å². The smallest absolute Gasteiger partial charge is 0.329 e. The van der Waals surface area contributed by atoms with Crippen molar-refractivity contribution in [3.8, 4) is 0 Å². The quantitative estimate of drug-likeness (QED) is 0.832. The van der Waals surface area contributed by atoms with Crippen LogP contribution >= 0.6 is 0 Å². The number of nitrogens with one attached hydrogen (secondary N) is 1. The minimum Gasteiger partial charge on any atom is -0.480 e. The Kier molecular flexibility index (Phi) is 5.49. The van der Waals surface area contributed by atoms with Gasteiger partial charge in [0.05, 0.1) is 0 Å². The molecule has 0 fully saturated rings. The van der Waals surface area contributed by atoms with Crippen molar-refractivity contribution in [3.05, 3.63) is 30.1 Å². The van der Waals surface area contributed by atoms with E-state index in [1.54, 1.807) is 33.3 Å².